The fourth-order valence-electron chi connectivity index (χ4n) is 5.79. The number of aryl methyl sites for hydroxylation is 2. The van der Waals surface area contributed by atoms with Gasteiger partial charge in [0.05, 0.1) is 33.2 Å². The minimum absolute atomic E-state index is 0.626. The van der Waals surface area contributed by atoms with Gasteiger partial charge >= 0.3 is 0 Å². The lowest BCUT2D eigenvalue weighted by molar-refractivity contribution is 0.351. The lowest BCUT2D eigenvalue weighted by Gasteiger charge is -2.21. The molecule has 4 aliphatic rings. The minimum Gasteiger partial charge on any atom is -0.370 e. The molecule has 2 nitrogen and oxygen atoms in total. The lowest BCUT2D eigenvalue weighted by Crippen LogP contribution is -2.28. The zero-order valence-electron chi connectivity index (χ0n) is 17.2. The van der Waals surface area contributed by atoms with Crippen molar-refractivity contribution in [2.24, 2.45) is 11.8 Å². The van der Waals surface area contributed by atoms with Gasteiger partial charge in [0.1, 0.15) is 0 Å². The van der Waals surface area contributed by atoms with Crippen molar-refractivity contribution in [1.82, 2.24) is 0 Å². The Bertz CT molecular complexity index is 672. The number of fused-ring (bicyclic) bond motifs is 2. The second-order valence-corrected chi connectivity index (χ2v) is 13.0. The average molecular weight is 385 g/mol. The Labute approximate surface area is 166 Å². The molecule has 0 aromatic heterocycles. The third-order valence-corrected chi connectivity index (χ3v) is 9.50. The standard InChI is InChI=1S/C24H36O2Si/c1-27(2)24-15-18(4-3-16-7-11-20-22(13-16)25-20)6-10-19(24)9-5-17-8-12-21-23(14-17)26-21/h6,10,15-17,20-23,27H,3-5,7-9,11-14H2,1-2H3. The normalized spacial score (nSPS) is 37.0. The zero-order valence-corrected chi connectivity index (χ0v) is 18.3. The van der Waals surface area contributed by atoms with E-state index < -0.39 is 8.80 Å². The van der Waals surface area contributed by atoms with E-state index in [1.165, 1.54) is 64.2 Å². The molecule has 0 spiro atoms. The number of epoxide rings is 2. The number of ether oxygens (including phenoxy) is 2. The summed E-state index contributed by atoms with van der Waals surface area (Å²) in [5.41, 5.74) is 3.24. The summed E-state index contributed by atoms with van der Waals surface area (Å²) in [5.74, 6) is 1.79. The van der Waals surface area contributed by atoms with Crippen molar-refractivity contribution in [3.8, 4) is 0 Å². The van der Waals surface area contributed by atoms with Crippen molar-refractivity contribution in [2.75, 3.05) is 0 Å². The van der Waals surface area contributed by atoms with Gasteiger partial charge in [-0.1, -0.05) is 36.5 Å². The highest BCUT2D eigenvalue weighted by molar-refractivity contribution is 6.71. The quantitative estimate of drug-likeness (QED) is 0.515. The molecule has 2 aliphatic carbocycles. The predicted octanol–water partition coefficient (Wildman–Crippen LogP) is 4.38. The van der Waals surface area contributed by atoms with E-state index in [9.17, 15) is 0 Å². The molecule has 3 heteroatoms. The predicted molar refractivity (Wildman–Crippen MR) is 114 cm³/mol. The van der Waals surface area contributed by atoms with Crippen LogP contribution in [-0.2, 0) is 22.3 Å². The minimum atomic E-state index is -0.782. The van der Waals surface area contributed by atoms with Crippen molar-refractivity contribution in [2.45, 2.75) is 102 Å². The van der Waals surface area contributed by atoms with E-state index in [1.54, 1.807) is 16.3 Å². The van der Waals surface area contributed by atoms with Gasteiger partial charge in [0, 0.05) is 0 Å². The summed E-state index contributed by atoms with van der Waals surface area (Å²) in [6.45, 7) is 5.00. The first kappa shape index (κ1) is 18.4. The van der Waals surface area contributed by atoms with Crippen LogP contribution >= 0.6 is 0 Å². The molecule has 6 atom stereocenters. The van der Waals surface area contributed by atoms with Crippen LogP contribution in [0.2, 0.25) is 13.1 Å². The van der Waals surface area contributed by atoms with E-state index in [0.29, 0.717) is 24.4 Å². The van der Waals surface area contributed by atoms with Crippen molar-refractivity contribution >= 4 is 14.0 Å². The summed E-state index contributed by atoms with van der Waals surface area (Å²) in [6, 6.07) is 7.51. The van der Waals surface area contributed by atoms with Crippen LogP contribution in [0.25, 0.3) is 0 Å². The zero-order chi connectivity index (χ0) is 18.4. The molecule has 2 heterocycles. The first-order chi connectivity index (χ1) is 13.2. The summed E-state index contributed by atoms with van der Waals surface area (Å²) >= 11 is 0. The molecule has 1 aromatic rings. The van der Waals surface area contributed by atoms with Crippen LogP contribution in [0.4, 0.5) is 0 Å². The van der Waals surface area contributed by atoms with E-state index in [4.69, 9.17) is 9.47 Å². The maximum Gasteiger partial charge on any atom is 0.0844 e. The van der Waals surface area contributed by atoms with Gasteiger partial charge in [-0.3, -0.25) is 0 Å². The van der Waals surface area contributed by atoms with Gasteiger partial charge in [-0.15, -0.1) is 0 Å². The van der Waals surface area contributed by atoms with Crippen LogP contribution in [0, 0.1) is 11.8 Å². The third-order valence-electron chi connectivity index (χ3n) is 7.72. The van der Waals surface area contributed by atoms with Crippen LogP contribution < -0.4 is 5.19 Å². The molecule has 0 bridgehead atoms. The molecule has 27 heavy (non-hydrogen) atoms. The Balaban J connectivity index is 1.17. The van der Waals surface area contributed by atoms with E-state index in [1.807, 2.05) is 0 Å². The van der Waals surface area contributed by atoms with Crippen molar-refractivity contribution in [3.63, 3.8) is 0 Å². The van der Waals surface area contributed by atoms with Gasteiger partial charge in [-0.25, -0.2) is 0 Å². The molecule has 148 valence electrons. The van der Waals surface area contributed by atoms with E-state index >= 15 is 0 Å². The van der Waals surface area contributed by atoms with Gasteiger partial charge in [0.2, 0.25) is 0 Å². The highest BCUT2D eigenvalue weighted by atomic mass is 28.3. The molecule has 2 saturated carbocycles. The van der Waals surface area contributed by atoms with Crippen LogP contribution in [0.1, 0.15) is 62.5 Å². The molecule has 0 N–H and O–H groups in total. The van der Waals surface area contributed by atoms with Gasteiger partial charge in [-0.05, 0) is 87.2 Å². The van der Waals surface area contributed by atoms with Gasteiger partial charge < -0.3 is 9.47 Å². The van der Waals surface area contributed by atoms with Crippen LogP contribution in [0.3, 0.4) is 0 Å². The summed E-state index contributed by atoms with van der Waals surface area (Å²) in [4.78, 5) is 0. The molecule has 6 unspecified atom stereocenters. The summed E-state index contributed by atoms with van der Waals surface area (Å²) in [5, 5.41) is 1.73. The molecular weight excluding hydrogens is 348 g/mol. The SMILES string of the molecule is C[SiH](C)c1cc(CCC2CCC3OC3C2)ccc1CCC1CCC2OC2C1. The molecule has 5 rings (SSSR count). The van der Waals surface area contributed by atoms with Crippen molar-refractivity contribution in [1.29, 1.82) is 0 Å². The highest BCUT2D eigenvalue weighted by Crippen LogP contribution is 2.41. The molecule has 0 radical (unpaired) electrons. The molecule has 0 amide bonds. The number of hydrogen-bond donors (Lipinski definition) is 0. The Kier molecular flexibility index (Phi) is 5.21. The summed E-state index contributed by atoms with van der Waals surface area (Å²) in [7, 11) is -0.782. The van der Waals surface area contributed by atoms with Crippen LogP contribution in [-0.4, -0.2) is 33.2 Å². The Morgan fingerprint density at radius 3 is 2.04 bits per heavy atom. The fourth-order valence-corrected chi connectivity index (χ4v) is 7.32. The molecule has 4 fully saturated rings. The first-order valence-corrected chi connectivity index (χ1v) is 14.5. The third kappa shape index (κ3) is 4.36. The first-order valence-electron chi connectivity index (χ1n) is 11.6. The Morgan fingerprint density at radius 1 is 0.815 bits per heavy atom. The van der Waals surface area contributed by atoms with E-state index in [-0.39, 0.29) is 0 Å². The Hall–Kier alpha value is -0.643. The number of benzene rings is 1. The maximum atomic E-state index is 5.72. The second kappa shape index (κ2) is 7.65. The largest absolute Gasteiger partial charge is 0.370 e. The Morgan fingerprint density at radius 2 is 1.44 bits per heavy atom. The number of rotatable bonds is 7. The van der Waals surface area contributed by atoms with E-state index in [2.05, 4.69) is 31.3 Å². The topological polar surface area (TPSA) is 25.1 Å². The lowest BCUT2D eigenvalue weighted by atomic mass is 9.84. The van der Waals surface area contributed by atoms with Gasteiger partial charge in [0.15, 0.2) is 0 Å². The van der Waals surface area contributed by atoms with Crippen molar-refractivity contribution in [3.05, 3.63) is 29.3 Å². The van der Waals surface area contributed by atoms with E-state index in [0.717, 1.165) is 11.8 Å². The summed E-state index contributed by atoms with van der Waals surface area (Å²) < 4.78 is 11.4. The van der Waals surface area contributed by atoms with Gasteiger partial charge in [-0.2, -0.15) is 0 Å². The smallest absolute Gasteiger partial charge is 0.0844 e. The monoisotopic (exact) mass is 384 g/mol. The van der Waals surface area contributed by atoms with Gasteiger partial charge in [0.25, 0.3) is 0 Å². The highest BCUT2D eigenvalue weighted by Gasteiger charge is 2.44. The number of hydrogen-bond acceptors (Lipinski definition) is 2. The molecular formula is C24H36O2Si. The maximum absolute atomic E-state index is 5.72. The molecule has 2 saturated heterocycles. The summed E-state index contributed by atoms with van der Waals surface area (Å²) in [6.07, 6.45) is 15.8. The van der Waals surface area contributed by atoms with Crippen LogP contribution in [0.5, 0.6) is 0 Å². The van der Waals surface area contributed by atoms with Crippen LogP contribution in [0.15, 0.2) is 18.2 Å². The fraction of sp³-hybridized carbons (Fsp3) is 0.750. The molecule has 1 aromatic carbocycles. The van der Waals surface area contributed by atoms with Crippen molar-refractivity contribution < 1.29 is 9.47 Å². The molecule has 2 aliphatic heterocycles. The average Bonchev–Trinajstić information content (AvgIpc) is 3.58. The second-order valence-electron chi connectivity index (χ2n) is 10.0.